The summed E-state index contributed by atoms with van der Waals surface area (Å²) < 4.78 is 13.6. The van der Waals surface area contributed by atoms with Crippen molar-refractivity contribution < 1.29 is 9.15 Å². The number of aromatic nitrogens is 2. The number of imidazole rings is 1. The Bertz CT molecular complexity index is 660. The van der Waals surface area contributed by atoms with Gasteiger partial charge in [0.05, 0.1) is 26.3 Å². The van der Waals surface area contributed by atoms with Crippen LogP contribution in [0, 0.1) is 12.8 Å². The zero-order chi connectivity index (χ0) is 16.4. The van der Waals surface area contributed by atoms with E-state index in [2.05, 4.69) is 31.6 Å². The molecule has 1 atom stereocenters. The monoisotopic (exact) mass is 330 g/mol. The topological polar surface area (TPSA) is 46.7 Å². The number of nitrogens with zero attached hydrogens (tertiary/aromatic N) is 4. The van der Waals surface area contributed by atoms with Crippen LogP contribution in [-0.2, 0) is 24.4 Å². The summed E-state index contributed by atoms with van der Waals surface area (Å²) in [6.07, 6.45) is 4.03. The van der Waals surface area contributed by atoms with E-state index in [0.29, 0.717) is 5.92 Å². The molecular formula is C18H26N4O2. The lowest BCUT2D eigenvalue weighted by atomic mass is 10.1. The molecule has 24 heavy (non-hydrogen) atoms. The summed E-state index contributed by atoms with van der Waals surface area (Å²) in [4.78, 5) is 9.55. The highest BCUT2D eigenvalue weighted by molar-refractivity contribution is 5.06. The third-order valence-corrected chi connectivity index (χ3v) is 4.93. The maximum absolute atomic E-state index is 5.79. The molecule has 0 bridgehead atoms. The van der Waals surface area contributed by atoms with Crippen molar-refractivity contribution in [1.82, 2.24) is 19.4 Å². The number of hydrogen-bond donors (Lipinski definition) is 0. The summed E-state index contributed by atoms with van der Waals surface area (Å²) in [5.74, 6) is 3.76. The highest BCUT2D eigenvalue weighted by Gasteiger charge is 2.25. The molecular weight excluding hydrogens is 304 g/mol. The van der Waals surface area contributed by atoms with E-state index in [1.54, 1.807) is 0 Å². The van der Waals surface area contributed by atoms with Crippen molar-refractivity contribution in [2.24, 2.45) is 5.92 Å². The van der Waals surface area contributed by atoms with Crippen molar-refractivity contribution in [2.45, 2.75) is 26.6 Å². The van der Waals surface area contributed by atoms with Gasteiger partial charge in [0, 0.05) is 51.0 Å². The minimum Gasteiger partial charge on any atom is -0.465 e. The molecule has 0 saturated carbocycles. The Morgan fingerprint density at radius 2 is 2.04 bits per heavy atom. The first-order chi connectivity index (χ1) is 11.8. The number of ether oxygens (including phenoxy) is 1. The summed E-state index contributed by atoms with van der Waals surface area (Å²) in [5.41, 5.74) is 0. The van der Waals surface area contributed by atoms with Crippen molar-refractivity contribution in [2.75, 3.05) is 39.4 Å². The van der Waals surface area contributed by atoms with Crippen LogP contribution in [0.5, 0.6) is 0 Å². The van der Waals surface area contributed by atoms with E-state index in [4.69, 9.17) is 9.15 Å². The fourth-order valence-electron chi connectivity index (χ4n) is 3.80. The lowest BCUT2D eigenvalue weighted by Gasteiger charge is -2.31. The summed E-state index contributed by atoms with van der Waals surface area (Å²) in [6, 6.07) is 4.13. The van der Waals surface area contributed by atoms with Crippen LogP contribution in [0.1, 0.15) is 17.3 Å². The zero-order valence-corrected chi connectivity index (χ0v) is 14.4. The predicted molar refractivity (Wildman–Crippen MR) is 90.5 cm³/mol. The Labute approximate surface area is 143 Å². The second-order valence-electron chi connectivity index (χ2n) is 6.96. The summed E-state index contributed by atoms with van der Waals surface area (Å²) in [7, 11) is 0. The molecule has 6 heteroatoms. The molecule has 0 spiro atoms. The van der Waals surface area contributed by atoms with Gasteiger partial charge in [0.2, 0.25) is 0 Å². The number of aryl methyl sites for hydroxylation is 1. The average Bonchev–Trinajstić information content (AvgIpc) is 3.14. The van der Waals surface area contributed by atoms with Gasteiger partial charge in [0.15, 0.2) is 0 Å². The standard InChI is InChI=1S/C18H26N4O2/c1-15-2-3-17(24-15)13-21-11-16(10-20-6-8-23-9-7-20)12-22-5-4-19-18(22)14-21/h2-5,16H,6-14H2,1H3/t16-/m1/s1. The van der Waals surface area contributed by atoms with E-state index in [1.165, 1.54) is 0 Å². The number of hydrogen-bond acceptors (Lipinski definition) is 5. The number of fused-ring (bicyclic) bond motifs is 1. The van der Waals surface area contributed by atoms with Gasteiger partial charge in [0.25, 0.3) is 0 Å². The van der Waals surface area contributed by atoms with E-state index in [9.17, 15) is 0 Å². The molecule has 2 aliphatic heterocycles. The van der Waals surface area contributed by atoms with Crippen molar-refractivity contribution >= 4 is 0 Å². The van der Waals surface area contributed by atoms with Crippen LogP contribution in [0.4, 0.5) is 0 Å². The summed E-state index contributed by atoms with van der Waals surface area (Å²) >= 11 is 0. The fourth-order valence-corrected chi connectivity index (χ4v) is 3.80. The number of morpholine rings is 1. The molecule has 0 radical (unpaired) electrons. The largest absolute Gasteiger partial charge is 0.465 e. The van der Waals surface area contributed by atoms with Crippen LogP contribution >= 0.6 is 0 Å². The molecule has 0 N–H and O–H groups in total. The molecule has 6 nitrogen and oxygen atoms in total. The molecule has 0 unspecified atom stereocenters. The van der Waals surface area contributed by atoms with E-state index in [0.717, 1.165) is 76.4 Å². The second kappa shape index (κ2) is 7.09. The second-order valence-corrected chi connectivity index (χ2v) is 6.96. The first kappa shape index (κ1) is 15.9. The Balaban J connectivity index is 1.47. The van der Waals surface area contributed by atoms with Gasteiger partial charge in [-0.25, -0.2) is 4.98 Å². The average molecular weight is 330 g/mol. The van der Waals surface area contributed by atoms with Crippen molar-refractivity contribution in [3.05, 3.63) is 41.9 Å². The molecule has 2 aliphatic rings. The Kier molecular flexibility index (Phi) is 4.69. The minimum atomic E-state index is 0.592. The van der Waals surface area contributed by atoms with Crippen LogP contribution in [0.25, 0.3) is 0 Å². The van der Waals surface area contributed by atoms with Gasteiger partial charge in [-0.3, -0.25) is 9.80 Å². The number of furan rings is 1. The van der Waals surface area contributed by atoms with Gasteiger partial charge in [0.1, 0.15) is 17.3 Å². The van der Waals surface area contributed by atoms with E-state index >= 15 is 0 Å². The third kappa shape index (κ3) is 3.71. The quantitative estimate of drug-likeness (QED) is 0.855. The molecule has 0 aromatic carbocycles. The Morgan fingerprint density at radius 3 is 2.83 bits per heavy atom. The first-order valence-corrected chi connectivity index (χ1v) is 8.84. The van der Waals surface area contributed by atoms with E-state index in [-0.39, 0.29) is 0 Å². The maximum atomic E-state index is 5.79. The third-order valence-electron chi connectivity index (χ3n) is 4.93. The highest BCUT2D eigenvalue weighted by Crippen LogP contribution is 2.20. The van der Waals surface area contributed by atoms with E-state index < -0.39 is 0 Å². The SMILES string of the molecule is Cc1ccc(CN2Cc3nccn3C[C@H](CN3CCOCC3)C2)o1. The van der Waals surface area contributed by atoms with Gasteiger partial charge in [-0.1, -0.05) is 0 Å². The normalized spacial score (nSPS) is 23.1. The minimum absolute atomic E-state index is 0.592. The smallest absolute Gasteiger partial charge is 0.122 e. The molecule has 4 heterocycles. The zero-order valence-electron chi connectivity index (χ0n) is 14.4. The summed E-state index contributed by atoms with van der Waals surface area (Å²) in [5, 5.41) is 0. The van der Waals surface area contributed by atoms with Gasteiger partial charge in [-0.05, 0) is 19.1 Å². The van der Waals surface area contributed by atoms with Crippen molar-refractivity contribution in [3.63, 3.8) is 0 Å². The molecule has 2 aromatic rings. The molecule has 1 fully saturated rings. The van der Waals surface area contributed by atoms with Crippen molar-refractivity contribution in [1.29, 1.82) is 0 Å². The van der Waals surface area contributed by atoms with E-state index in [1.807, 2.05) is 19.2 Å². The van der Waals surface area contributed by atoms with Crippen LogP contribution in [0.2, 0.25) is 0 Å². The molecule has 0 aliphatic carbocycles. The lowest BCUT2D eigenvalue weighted by molar-refractivity contribution is 0.0263. The molecule has 0 amide bonds. The van der Waals surface area contributed by atoms with Crippen LogP contribution in [0.3, 0.4) is 0 Å². The molecule has 4 rings (SSSR count). The van der Waals surface area contributed by atoms with Crippen LogP contribution < -0.4 is 0 Å². The van der Waals surface area contributed by atoms with Gasteiger partial charge < -0.3 is 13.7 Å². The molecule has 1 saturated heterocycles. The maximum Gasteiger partial charge on any atom is 0.122 e. The van der Waals surface area contributed by atoms with Gasteiger partial charge in [-0.2, -0.15) is 0 Å². The molecule has 2 aromatic heterocycles. The summed E-state index contributed by atoms with van der Waals surface area (Å²) in [6.45, 7) is 10.8. The Morgan fingerprint density at radius 1 is 1.17 bits per heavy atom. The van der Waals surface area contributed by atoms with Gasteiger partial charge in [-0.15, -0.1) is 0 Å². The Hall–Kier alpha value is -1.63. The van der Waals surface area contributed by atoms with Gasteiger partial charge >= 0.3 is 0 Å². The fraction of sp³-hybridized carbons (Fsp3) is 0.611. The van der Waals surface area contributed by atoms with Crippen LogP contribution in [0.15, 0.2) is 28.9 Å². The highest BCUT2D eigenvalue weighted by atomic mass is 16.5. The lowest BCUT2D eigenvalue weighted by Crippen LogP contribution is -2.42. The number of rotatable bonds is 4. The predicted octanol–water partition coefficient (Wildman–Crippen LogP) is 1.75. The van der Waals surface area contributed by atoms with Crippen molar-refractivity contribution in [3.8, 4) is 0 Å². The van der Waals surface area contributed by atoms with Crippen LogP contribution in [-0.4, -0.2) is 58.7 Å². The molecule has 130 valence electrons. The first-order valence-electron chi connectivity index (χ1n) is 8.84.